The molecule has 2 heterocycles. The Bertz CT molecular complexity index is 391. The van der Waals surface area contributed by atoms with E-state index < -0.39 is 0 Å². The van der Waals surface area contributed by atoms with Crippen LogP contribution in [0.5, 0.6) is 0 Å². The van der Waals surface area contributed by atoms with Crippen LogP contribution in [0.4, 0.5) is 5.95 Å². The van der Waals surface area contributed by atoms with Crippen LogP contribution in [0.25, 0.3) is 0 Å². The first-order valence-electron chi connectivity index (χ1n) is 7.30. The molecule has 0 aliphatic carbocycles. The van der Waals surface area contributed by atoms with Crippen molar-refractivity contribution in [2.24, 2.45) is 0 Å². The van der Waals surface area contributed by atoms with Crippen molar-refractivity contribution in [2.45, 2.75) is 39.8 Å². The SMILES string of the molecule is CCOCCCn1cc(C)nc1N1CCN[C@@H](C)C1. The van der Waals surface area contributed by atoms with Crippen LogP contribution in [0.2, 0.25) is 0 Å². The third-order valence-electron chi connectivity index (χ3n) is 3.42. The summed E-state index contributed by atoms with van der Waals surface area (Å²) in [6, 6.07) is 0.530. The summed E-state index contributed by atoms with van der Waals surface area (Å²) >= 11 is 0. The van der Waals surface area contributed by atoms with Gasteiger partial charge in [-0.25, -0.2) is 4.98 Å². The highest BCUT2D eigenvalue weighted by atomic mass is 16.5. The van der Waals surface area contributed by atoms with E-state index in [9.17, 15) is 0 Å². The maximum atomic E-state index is 5.41. The lowest BCUT2D eigenvalue weighted by Gasteiger charge is -2.33. The van der Waals surface area contributed by atoms with Crippen molar-refractivity contribution in [3.63, 3.8) is 0 Å². The van der Waals surface area contributed by atoms with Gasteiger partial charge in [0.1, 0.15) is 0 Å². The van der Waals surface area contributed by atoms with Crippen LogP contribution in [0, 0.1) is 6.92 Å². The van der Waals surface area contributed by atoms with Crippen LogP contribution in [-0.4, -0.2) is 48.4 Å². The van der Waals surface area contributed by atoms with Crippen molar-refractivity contribution in [2.75, 3.05) is 37.7 Å². The molecule has 2 rings (SSSR count). The van der Waals surface area contributed by atoms with Crippen molar-refractivity contribution >= 4 is 5.95 Å². The van der Waals surface area contributed by atoms with E-state index in [1.807, 2.05) is 6.92 Å². The van der Waals surface area contributed by atoms with Crippen molar-refractivity contribution < 1.29 is 4.74 Å². The van der Waals surface area contributed by atoms with E-state index in [4.69, 9.17) is 4.74 Å². The third-order valence-corrected chi connectivity index (χ3v) is 3.42. The monoisotopic (exact) mass is 266 g/mol. The molecule has 1 aliphatic rings. The molecule has 0 radical (unpaired) electrons. The number of anilines is 1. The number of ether oxygens (including phenoxy) is 1. The van der Waals surface area contributed by atoms with Crippen molar-refractivity contribution in [3.05, 3.63) is 11.9 Å². The molecule has 0 amide bonds. The number of nitrogens with zero attached hydrogens (tertiary/aromatic N) is 3. The smallest absolute Gasteiger partial charge is 0.205 e. The number of piperazine rings is 1. The van der Waals surface area contributed by atoms with E-state index in [1.54, 1.807) is 0 Å². The van der Waals surface area contributed by atoms with Gasteiger partial charge in [0.15, 0.2) is 0 Å². The molecule has 1 fully saturated rings. The van der Waals surface area contributed by atoms with Gasteiger partial charge in [0.25, 0.3) is 0 Å². The Hall–Kier alpha value is -1.07. The first kappa shape index (κ1) is 14.3. The third kappa shape index (κ3) is 3.94. The highest BCUT2D eigenvalue weighted by molar-refractivity contribution is 5.34. The molecule has 19 heavy (non-hydrogen) atoms. The van der Waals surface area contributed by atoms with E-state index in [0.29, 0.717) is 6.04 Å². The Kier molecular flexibility index (Phi) is 5.22. The molecular formula is C14H26N4O. The van der Waals surface area contributed by atoms with Gasteiger partial charge in [0, 0.05) is 51.6 Å². The molecule has 108 valence electrons. The minimum Gasteiger partial charge on any atom is -0.382 e. The number of nitrogens with one attached hydrogen (secondary N) is 1. The molecule has 0 saturated carbocycles. The Morgan fingerprint density at radius 2 is 2.37 bits per heavy atom. The van der Waals surface area contributed by atoms with Crippen LogP contribution in [-0.2, 0) is 11.3 Å². The summed E-state index contributed by atoms with van der Waals surface area (Å²) in [5.74, 6) is 1.11. The van der Waals surface area contributed by atoms with Gasteiger partial charge < -0.3 is 19.5 Å². The normalized spacial score (nSPS) is 19.9. The lowest BCUT2D eigenvalue weighted by Crippen LogP contribution is -2.50. The summed E-state index contributed by atoms with van der Waals surface area (Å²) < 4.78 is 7.68. The number of rotatable bonds is 6. The van der Waals surface area contributed by atoms with Gasteiger partial charge in [-0.1, -0.05) is 0 Å². The summed E-state index contributed by atoms with van der Waals surface area (Å²) in [6.07, 6.45) is 3.19. The quantitative estimate of drug-likeness (QED) is 0.791. The van der Waals surface area contributed by atoms with Gasteiger partial charge in [0.05, 0.1) is 5.69 Å². The van der Waals surface area contributed by atoms with Crippen LogP contribution >= 0.6 is 0 Å². The predicted octanol–water partition coefficient (Wildman–Crippen LogP) is 1.42. The minimum absolute atomic E-state index is 0.530. The fourth-order valence-electron chi connectivity index (χ4n) is 2.55. The first-order chi connectivity index (χ1) is 9.20. The number of aryl methyl sites for hydroxylation is 2. The van der Waals surface area contributed by atoms with Crippen molar-refractivity contribution in [1.82, 2.24) is 14.9 Å². The van der Waals surface area contributed by atoms with Gasteiger partial charge in [0.2, 0.25) is 5.95 Å². The molecular weight excluding hydrogens is 240 g/mol. The van der Waals surface area contributed by atoms with Gasteiger partial charge in [-0.2, -0.15) is 0 Å². The molecule has 1 aromatic rings. The Labute approximate surface area is 116 Å². The second-order valence-electron chi connectivity index (χ2n) is 5.23. The Morgan fingerprint density at radius 1 is 1.53 bits per heavy atom. The average molecular weight is 266 g/mol. The van der Waals surface area contributed by atoms with E-state index in [0.717, 1.165) is 57.5 Å². The first-order valence-corrected chi connectivity index (χ1v) is 7.30. The molecule has 0 unspecified atom stereocenters. The molecule has 1 N–H and O–H groups in total. The molecule has 1 aliphatic heterocycles. The maximum Gasteiger partial charge on any atom is 0.205 e. The Balaban J connectivity index is 1.98. The fraction of sp³-hybridized carbons (Fsp3) is 0.786. The second-order valence-corrected chi connectivity index (χ2v) is 5.23. The van der Waals surface area contributed by atoms with Gasteiger partial charge in [-0.15, -0.1) is 0 Å². The molecule has 1 saturated heterocycles. The lowest BCUT2D eigenvalue weighted by molar-refractivity contribution is 0.141. The van der Waals surface area contributed by atoms with Gasteiger partial charge in [-0.3, -0.25) is 0 Å². The van der Waals surface area contributed by atoms with Gasteiger partial charge >= 0.3 is 0 Å². The number of aromatic nitrogens is 2. The minimum atomic E-state index is 0.530. The summed E-state index contributed by atoms with van der Waals surface area (Å²) in [7, 11) is 0. The van der Waals surface area contributed by atoms with E-state index in [2.05, 4.69) is 39.8 Å². The number of imidazole rings is 1. The predicted molar refractivity (Wildman–Crippen MR) is 77.8 cm³/mol. The van der Waals surface area contributed by atoms with Crippen LogP contribution in [0.15, 0.2) is 6.20 Å². The van der Waals surface area contributed by atoms with Gasteiger partial charge in [-0.05, 0) is 27.2 Å². The lowest BCUT2D eigenvalue weighted by atomic mass is 10.2. The molecule has 0 bridgehead atoms. The zero-order valence-corrected chi connectivity index (χ0v) is 12.4. The number of hydrogen-bond acceptors (Lipinski definition) is 4. The topological polar surface area (TPSA) is 42.3 Å². The largest absolute Gasteiger partial charge is 0.382 e. The molecule has 5 nitrogen and oxygen atoms in total. The standard InChI is InChI=1S/C14H26N4O/c1-4-19-9-5-7-17-11-13(3)16-14(17)18-8-6-15-12(2)10-18/h11-12,15H,4-10H2,1-3H3/t12-/m0/s1. The van der Waals surface area contributed by atoms with Crippen LogP contribution in [0.1, 0.15) is 26.0 Å². The van der Waals surface area contributed by atoms with Crippen molar-refractivity contribution in [3.8, 4) is 0 Å². The summed E-state index contributed by atoms with van der Waals surface area (Å²) in [5, 5.41) is 3.47. The molecule has 0 spiro atoms. The molecule has 5 heteroatoms. The Morgan fingerprint density at radius 3 is 3.11 bits per heavy atom. The molecule has 0 aromatic carbocycles. The van der Waals surface area contributed by atoms with Crippen molar-refractivity contribution in [1.29, 1.82) is 0 Å². The summed E-state index contributed by atoms with van der Waals surface area (Å²) in [6.45, 7) is 12.0. The zero-order chi connectivity index (χ0) is 13.7. The zero-order valence-electron chi connectivity index (χ0n) is 12.4. The maximum absolute atomic E-state index is 5.41. The molecule has 1 aromatic heterocycles. The second kappa shape index (κ2) is 6.91. The number of hydrogen-bond donors (Lipinski definition) is 1. The van der Waals surface area contributed by atoms with Crippen LogP contribution in [0.3, 0.4) is 0 Å². The summed E-state index contributed by atoms with van der Waals surface area (Å²) in [5.41, 5.74) is 1.09. The highest BCUT2D eigenvalue weighted by Crippen LogP contribution is 2.16. The highest BCUT2D eigenvalue weighted by Gasteiger charge is 2.20. The fourth-order valence-corrected chi connectivity index (χ4v) is 2.55. The van der Waals surface area contributed by atoms with E-state index >= 15 is 0 Å². The molecule has 1 atom stereocenters. The van der Waals surface area contributed by atoms with E-state index in [-0.39, 0.29) is 0 Å². The van der Waals surface area contributed by atoms with Crippen LogP contribution < -0.4 is 10.2 Å². The average Bonchev–Trinajstić information content (AvgIpc) is 2.76. The summed E-state index contributed by atoms with van der Waals surface area (Å²) in [4.78, 5) is 7.07. The van der Waals surface area contributed by atoms with E-state index in [1.165, 1.54) is 0 Å².